The first-order valence-electron chi connectivity index (χ1n) is 13.3. The molecular weight excluding hydrogens is 451 g/mol. The van der Waals surface area contributed by atoms with Crippen molar-refractivity contribution in [2.75, 3.05) is 0 Å². The molecule has 186 valence electrons. The van der Waals surface area contributed by atoms with Crippen LogP contribution in [-0.4, -0.2) is 0 Å². The Morgan fingerprint density at radius 3 is 1.76 bits per heavy atom. The van der Waals surface area contributed by atoms with Gasteiger partial charge in [-0.15, -0.1) is 0 Å². The molecule has 0 heterocycles. The third kappa shape index (κ3) is 7.55. The number of benzene rings is 4. The molecular formula is C36H35F. The van der Waals surface area contributed by atoms with Gasteiger partial charge in [-0.2, -0.15) is 0 Å². The highest BCUT2D eigenvalue weighted by Crippen LogP contribution is 2.23. The lowest BCUT2D eigenvalue weighted by Gasteiger charge is -2.05. The minimum absolute atomic E-state index is 0.241. The fourth-order valence-corrected chi connectivity index (χ4v) is 4.48. The van der Waals surface area contributed by atoms with Gasteiger partial charge in [0.2, 0.25) is 0 Å². The zero-order valence-electron chi connectivity index (χ0n) is 21.9. The van der Waals surface area contributed by atoms with Crippen LogP contribution in [0.2, 0.25) is 0 Å². The Hall–Kier alpha value is -3.89. The Bertz CT molecular complexity index is 1420. The summed E-state index contributed by atoms with van der Waals surface area (Å²) in [5.74, 6) is 5.94. The molecule has 0 saturated heterocycles. The molecule has 4 aromatic carbocycles. The maximum atomic E-state index is 15.1. The van der Waals surface area contributed by atoms with Crippen LogP contribution in [0.1, 0.15) is 60.1 Å². The van der Waals surface area contributed by atoms with E-state index >= 15 is 4.39 Å². The van der Waals surface area contributed by atoms with Gasteiger partial charge in [0.1, 0.15) is 5.82 Å². The van der Waals surface area contributed by atoms with E-state index in [1.165, 1.54) is 22.3 Å². The van der Waals surface area contributed by atoms with Crippen LogP contribution < -0.4 is 0 Å². The largest absolute Gasteiger partial charge is 0.205 e. The van der Waals surface area contributed by atoms with Crippen LogP contribution in [-0.2, 0) is 25.7 Å². The van der Waals surface area contributed by atoms with E-state index in [4.69, 9.17) is 0 Å². The van der Waals surface area contributed by atoms with Gasteiger partial charge in [-0.1, -0.05) is 96.8 Å². The van der Waals surface area contributed by atoms with Gasteiger partial charge in [-0.05, 0) is 98.2 Å². The van der Waals surface area contributed by atoms with Crippen LogP contribution in [0.5, 0.6) is 0 Å². The summed E-state index contributed by atoms with van der Waals surface area (Å²) in [7, 11) is 0. The molecule has 0 aromatic heterocycles. The number of allylic oxidation sites excluding steroid dienone is 4. The second-order valence-corrected chi connectivity index (χ2v) is 9.46. The van der Waals surface area contributed by atoms with E-state index in [1.807, 2.05) is 37.3 Å². The summed E-state index contributed by atoms with van der Waals surface area (Å²) in [4.78, 5) is 0. The third-order valence-corrected chi connectivity index (χ3v) is 6.71. The highest BCUT2D eigenvalue weighted by molar-refractivity contribution is 5.85. The van der Waals surface area contributed by atoms with Crippen LogP contribution in [0.3, 0.4) is 0 Å². The standard InChI is InChI=1S/C36H35F/c1-3-5-7-9-28-11-13-29(14-12-28)15-16-30-17-19-31(20-18-30)21-23-33-24-25-34-27-32(10-8-6-4-2)22-26-35(34)36(33)37/h3-6,11-14,17-20,22,24-27H,7-10,15-16H2,1-2H3/b5-3+,6-4+. The van der Waals surface area contributed by atoms with Gasteiger partial charge in [0.25, 0.3) is 0 Å². The van der Waals surface area contributed by atoms with Gasteiger partial charge in [0, 0.05) is 10.9 Å². The molecule has 0 nitrogen and oxygen atoms in total. The number of hydrogen-bond donors (Lipinski definition) is 0. The summed E-state index contributed by atoms with van der Waals surface area (Å²) in [5.41, 5.74) is 6.58. The molecule has 0 fully saturated rings. The second kappa shape index (κ2) is 13.4. The van der Waals surface area contributed by atoms with Crippen molar-refractivity contribution in [3.05, 3.63) is 142 Å². The molecule has 0 radical (unpaired) electrons. The monoisotopic (exact) mass is 486 g/mol. The van der Waals surface area contributed by atoms with Gasteiger partial charge in [0.15, 0.2) is 0 Å². The van der Waals surface area contributed by atoms with Crippen molar-refractivity contribution >= 4 is 10.8 Å². The van der Waals surface area contributed by atoms with E-state index in [-0.39, 0.29) is 5.82 Å². The SMILES string of the molecule is C/C=C/CCc1ccc(CCc2ccc(C#Cc3ccc4cc(CC/C=C/C)ccc4c3F)cc2)cc1. The van der Waals surface area contributed by atoms with E-state index in [0.717, 1.165) is 49.5 Å². The zero-order chi connectivity index (χ0) is 25.9. The molecule has 4 aromatic rings. The highest BCUT2D eigenvalue weighted by atomic mass is 19.1. The third-order valence-electron chi connectivity index (χ3n) is 6.71. The Morgan fingerprint density at radius 1 is 0.595 bits per heavy atom. The lowest BCUT2D eigenvalue weighted by molar-refractivity contribution is 0.636. The first-order chi connectivity index (χ1) is 18.2. The lowest BCUT2D eigenvalue weighted by Crippen LogP contribution is -1.92. The van der Waals surface area contributed by atoms with E-state index < -0.39 is 0 Å². The van der Waals surface area contributed by atoms with Crippen molar-refractivity contribution in [2.45, 2.75) is 52.4 Å². The first kappa shape index (κ1) is 26.2. The van der Waals surface area contributed by atoms with Crippen molar-refractivity contribution in [1.29, 1.82) is 0 Å². The predicted molar refractivity (Wildman–Crippen MR) is 156 cm³/mol. The molecule has 0 aliphatic rings. The molecule has 0 bridgehead atoms. The Kier molecular flexibility index (Phi) is 9.50. The van der Waals surface area contributed by atoms with Gasteiger partial charge in [-0.3, -0.25) is 0 Å². The number of halogens is 1. The molecule has 0 aliphatic heterocycles. The minimum atomic E-state index is -0.241. The summed E-state index contributed by atoms with van der Waals surface area (Å²) >= 11 is 0. The normalized spacial score (nSPS) is 11.3. The molecule has 1 heteroatoms. The molecule has 0 aliphatic carbocycles. The summed E-state index contributed by atoms with van der Waals surface area (Å²) in [6, 6.07) is 27.0. The van der Waals surface area contributed by atoms with Crippen molar-refractivity contribution in [3.8, 4) is 11.8 Å². The van der Waals surface area contributed by atoms with Gasteiger partial charge in [-0.25, -0.2) is 4.39 Å². The van der Waals surface area contributed by atoms with Crippen LogP contribution in [0.4, 0.5) is 4.39 Å². The molecule has 0 atom stereocenters. The van der Waals surface area contributed by atoms with Crippen molar-refractivity contribution < 1.29 is 4.39 Å². The van der Waals surface area contributed by atoms with Gasteiger partial charge < -0.3 is 0 Å². The predicted octanol–water partition coefficient (Wildman–Crippen LogP) is 9.18. The maximum absolute atomic E-state index is 15.1. The molecule has 0 spiro atoms. The second-order valence-electron chi connectivity index (χ2n) is 9.46. The summed E-state index contributed by atoms with van der Waals surface area (Å²) < 4.78 is 15.1. The summed E-state index contributed by atoms with van der Waals surface area (Å²) in [6.45, 7) is 4.09. The maximum Gasteiger partial charge on any atom is 0.146 e. The van der Waals surface area contributed by atoms with Crippen molar-refractivity contribution in [1.82, 2.24) is 0 Å². The van der Waals surface area contributed by atoms with Gasteiger partial charge in [0.05, 0.1) is 5.56 Å². The average Bonchev–Trinajstić information content (AvgIpc) is 2.93. The smallest absolute Gasteiger partial charge is 0.146 e. The van der Waals surface area contributed by atoms with Crippen LogP contribution in [0.25, 0.3) is 10.8 Å². The quantitative estimate of drug-likeness (QED) is 0.163. The molecule has 0 amide bonds. The number of rotatable bonds is 9. The Morgan fingerprint density at radius 2 is 1.14 bits per heavy atom. The van der Waals surface area contributed by atoms with E-state index in [0.29, 0.717) is 10.9 Å². The average molecular weight is 487 g/mol. The van der Waals surface area contributed by atoms with Crippen LogP contribution >= 0.6 is 0 Å². The number of hydrogen-bond acceptors (Lipinski definition) is 0. The molecule has 0 unspecified atom stereocenters. The molecule has 0 N–H and O–H groups in total. The van der Waals surface area contributed by atoms with Crippen molar-refractivity contribution in [3.63, 3.8) is 0 Å². The number of fused-ring (bicyclic) bond motifs is 1. The molecule has 37 heavy (non-hydrogen) atoms. The van der Waals surface area contributed by atoms with Crippen LogP contribution in [0.15, 0.2) is 103 Å². The lowest BCUT2D eigenvalue weighted by atomic mass is 10.0. The van der Waals surface area contributed by atoms with Crippen molar-refractivity contribution in [2.24, 2.45) is 0 Å². The summed E-state index contributed by atoms with van der Waals surface area (Å²) in [6.07, 6.45) is 14.7. The van der Waals surface area contributed by atoms with Gasteiger partial charge >= 0.3 is 0 Å². The van der Waals surface area contributed by atoms with E-state index in [2.05, 4.69) is 85.5 Å². The van der Waals surface area contributed by atoms with E-state index in [9.17, 15) is 0 Å². The Balaban J connectivity index is 1.36. The Labute approximate surface area is 221 Å². The zero-order valence-corrected chi connectivity index (χ0v) is 21.9. The fourth-order valence-electron chi connectivity index (χ4n) is 4.48. The minimum Gasteiger partial charge on any atom is -0.205 e. The highest BCUT2D eigenvalue weighted by Gasteiger charge is 2.06. The summed E-state index contributed by atoms with van der Waals surface area (Å²) in [5, 5.41) is 1.55. The molecule has 4 rings (SSSR count). The molecule has 0 saturated carbocycles. The van der Waals surface area contributed by atoms with Crippen LogP contribution in [0, 0.1) is 17.7 Å². The van der Waals surface area contributed by atoms with E-state index in [1.54, 1.807) is 6.07 Å². The topological polar surface area (TPSA) is 0 Å². The number of aryl methyl sites for hydroxylation is 4. The first-order valence-corrected chi connectivity index (χ1v) is 13.3. The fraction of sp³-hybridized carbons (Fsp3) is 0.222.